The first-order chi connectivity index (χ1) is 8.46. The Morgan fingerprint density at radius 2 is 2.00 bits per heavy atom. The van der Waals surface area contributed by atoms with Crippen molar-refractivity contribution in [3.05, 3.63) is 12.2 Å². The van der Waals surface area contributed by atoms with E-state index in [0.717, 1.165) is 6.42 Å². The molecule has 0 radical (unpaired) electrons. The molecule has 2 aliphatic carbocycles. The van der Waals surface area contributed by atoms with Crippen molar-refractivity contribution in [1.82, 2.24) is 0 Å². The summed E-state index contributed by atoms with van der Waals surface area (Å²) in [6.45, 7) is 6.35. The van der Waals surface area contributed by atoms with Crippen LogP contribution in [0.4, 0.5) is 0 Å². The highest BCUT2D eigenvalue weighted by atomic mass is 16.5. The van der Waals surface area contributed by atoms with Gasteiger partial charge in [0.05, 0.1) is 6.10 Å². The van der Waals surface area contributed by atoms with Crippen LogP contribution in [0.15, 0.2) is 12.2 Å². The van der Waals surface area contributed by atoms with Gasteiger partial charge < -0.3 is 4.74 Å². The molecule has 2 fully saturated rings. The van der Waals surface area contributed by atoms with Crippen LogP contribution in [0, 0.1) is 29.1 Å². The molecule has 98 valence electrons. The zero-order valence-corrected chi connectivity index (χ0v) is 11.2. The second-order valence-electron chi connectivity index (χ2n) is 6.37. The predicted molar refractivity (Wildman–Crippen MR) is 66.9 cm³/mol. The minimum absolute atomic E-state index is 0.0417. The molecule has 1 saturated carbocycles. The molecule has 3 nitrogen and oxygen atoms in total. The van der Waals surface area contributed by atoms with Crippen LogP contribution in [0.2, 0.25) is 0 Å². The van der Waals surface area contributed by atoms with Crippen LogP contribution in [-0.4, -0.2) is 24.3 Å². The van der Waals surface area contributed by atoms with Gasteiger partial charge in [-0.3, -0.25) is 9.59 Å². The maximum absolute atomic E-state index is 12.4. The normalized spacial score (nSPS) is 51.2. The average Bonchev–Trinajstić information content (AvgIpc) is 2.30. The molecule has 2 unspecified atom stereocenters. The Morgan fingerprint density at radius 3 is 2.72 bits per heavy atom. The van der Waals surface area contributed by atoms with Crippen LogP contribution in [0.1, 0.15) is 27.2 Å². The molecule has 3 rings (SSSR count). The van der Waals surface area contributed by atoms with E-state index in [1.165, 1.54) is 0 Å². The highest BCUT2D eigenvalue weighted by Gasteiger charge is 2.60. The standard InChI is InChI=1S/C15H20O3/c1-8-4-5-10-14(17)9(2)6-12-15(10,3)13(8)11(16)7-18-12/h4-5,8-10,12-13H,6-7H2,1-3H3/t8?,9?,10-,12-,13-,15+/m1/s1. The van der Waals surface area contributed by atoms with E-state index in [9.17, 15) is 9.59 Å². The molecule has 1 saturated heterocycles. The molecule has 3 heteroatoms. The maximum Gasteiger partial charge on any atom is 0.162 e. The Balaban J connectivity index is 2.12. The van der Waals surface area contributed by atoms with Gasteiger partial charge >= 0.3 is 0 Å². The SMILES string of the molecule is CC1C[C@H]2OCC(=O)[C@H]3C(C)C=C[C@H](C1=O)[C@@]23C. The third kappa shape index (κ3) is 1.34. The van der Waals surface area contributed by atoms with Gasteiger partial charge in [-0.2, -0.15) is 0 Å². The minimum atomic E-state index is -0.326. The van der Waals surface area contributed by atoms with E-state index >= 15 is 0 Å². The van der Waals surface area contributed by atoms with Crippen molar-refractivity contribution >= 4 is 11.6 Å². The molecular formula is C15H20O3. The fraction of sp³-hybridized carbons (Fsp3) is 0.733. The van der Waals surface area contributed by atoms with Gasteiger partial charge in [0.25, 0.3) is 0 Å². The number of Topliss-reactive ketones (excluding diaryl/α,β-unsaturated/α-hetero) is 2. The number of ketones is 2. The lowest BCUT2D eigenvalue weighted by Gasteiger charge is -2.56. The van der Waals surface area contributed by atoms with Crippen molar-refractivity contribution in [3.8, 4) is 0 Å². The molecule has 0 N–H and O–H groups in total. The zero-order valence-electron chi connectivity index (χ0n) is 11.2. The lowest BCUT2D eigenvalue weighted by Crippen LogP contribution is -2.62. The number of carbonyl (C=O) groups excluding carboxylic acids is 2. The summed E-state index contributed by atoms with van der Waals surface area (Å²) in [7, 11) is 0. The van der Waals surface area contributed by atoms with E-state index in [2.05, 4.69) is 13.8 Å². The summed E-state index contributed by atoms with van der Waals surface area (Å²) in [4.78, 5) is 24.6. The summed E-state index contributed by atoms with van der Waals surface area (Å²) in [5.74, 6) is 0.504. The molecule has 0 aromatic rings. The number of ether oxygens (including phenoxy) is 1. The van der Waals surface area contributed by atoms with Gasteiger partial charge in [0.15, 0.2) is 5.78 Å². The summed E-state index contributed by atoms with van der Waals surface area (Å²) in [5, 5.41) is 0. The first-order valence-corrected chi connectivity index (χ1v) is 6.82. The maximum atomic E-state index is 12.4. The molecule has 1 aliphatic heterocycles. The van der Waals surface area contributed by atoms with E-state index in [4.69, 9.17) is 4.74 Å². The number of allylic oxidation sites excluding steroid dienone is 2. The summed E-state index contributed by atoms with van der Waals surface area (Å²) in [6.07, 6.45) is 4.88. The van der Waals surface area contributed by atoms with Crippen LogP contribution in [0.25, 0.3) is 0 Å². The van der Waals surface area contributed by atoms with Crippen LogP contribution >= 0.6 is 0 Å². The second kappa shape index (κ2) is 3.77. The van der Waals surface area contributed by atoms with E-state index in [1.807, 2.05) is 19.1 Å². The molecule has 0 amide bonds. The van der Waals surface area contributed by atoms with Crippen molar-refractivity contribution in [3.63, 3.8) is 0 Å². The molecule has 18 heavy (non-hydrogen) atoms. The molecule has 0 aromatic carbocycles. The van der Waals surface area contributed by atoms with Crippen molar-refractivity contribution in [2.75, 3.05) is 6.61 Å². The van der Waals surface area contributed by atoms with Gasteiger partial charge in [0, 0.05) is 23.2 Å². The van der Waals surface area contributed by atoms with Crippen molar-refractivity contribution in [2.24, 2.45) is 29.1 Å². The molecule has 1 heterocycles. The van der Waals surface area contributed by atoms with Crippen LogP contribution < -0.4 is 0 Å². The number of rotatable bonds is 0. The van der Waals surface area contributed by atoms with E-state index in [0.29, 0.717) is 0 Å². The number of hydrogen-bond acceptors (Lipinski definition) is 3. The summed E-state index contributed by atoms with van der Waals surface area (Å²) in [6, 6.07) is 0. The Bertz CT molecular complexity index is 439. The third-order valence-corrected chi connectivity index (χ3v) is 5.30. The smallest absolute Gasteiger partial charge is 0.162 e. The Kier molecular flexibility index (Phi) is 2.53. The summed E-state index contributed by atoms with van der Waals surface area (Å²) < 4.78 is 5.76. The summed E-state index contributed by atoms with van der Waals surface area (Å²) in [5.41, 5.74) is -0.326. The fourth-order valence-electron chi connectivity index (χ4n) is 4.32. The molecular weight excluding hydrogens is 228 g/mol. The van der Waals surface area contributed by atoms with Gasteiger partial charge in [-0.1, -0.05) is 32.9 Å². The Hall–Kier alpha value is -0.960. The monoisotopic (exact) mass is 248 g/mol. The van der Waals surface area contributed by atoms with E-state index in [1.54, 1.807) is 0 Å². The van der Waals surface area contributed by atoms with Gasteiger partial charge in [-0.05, 0) is 12.3 Å². The van der Waals surface area contributed by atoms with Gasteiger partial charge in [0.1, 0.15) is 12.4 Å². The first kappa shape index (κ1) is 12.1. The highest BCUT2D eigenvalue weighted by molar-refractivity contribution is 5.91. The second-order valence-corrected chi connectivity index (χ2v) is 6.37. The minimum Gasteiger partial charge on any atom is -0.370 e. The average molecular weight is 248 g/mol. The molecule has 6 atom stereocenters. The highest BCUT2D eigenvalue weighted by Crippen LogP contribution is 2.55. The Labute approximate surface area is 108 Å². The zero-order chi connectivity index (χ0) is 13.1. The lowest BCUT2D eigenvalue weighted by molar-refractivity contribution is -0.185. The van der Waals surface area contributed by atoms with Crippen molar-refractivity contribution in [2.45, 2.75) is 33.3 Å². The molecule has 3 aliphatic rings. The molecule has 0 bridgehead atoms. The van der Waals surface area contributed by atoms with E-state index < -0.39 is 0 Å². The summed E-state index contributed by atoms with van der Waals surface area (Å²) >= 11 is 0. The third-order valence-electron chi connectivity index (χ3n) is 5.30. The lowest BCUT2D eigenvalue weighted by atomic mass is 9.50. The van der Waals surface area contributed by atoms with Gasteiger partial charge in [-0.15, -0.1) is 0 Å². The molecule has 0 aromatic heterocycles. The van der Waals surface area contributed by atoms with Crippen molar-refractivity contribution < 1.29 is 14.3 Å². The first-order valence-electron chi connectivity index (χ1n) is 6.82. The number of hydrogen-bond donors (Lipinski definition) is 0. The Morgan fingerprint density at radius 1 is 1.28 bits per heavy atom. The topological polar surface area (TPSA) is 43.4 Å². The fourth-order valence-corrected chi connectivity index (χ4v) is 4.32. The van der Waals surface area contributed by atoms with Crippen molar-refractivity contribution in [1.29, 1.82) is 0 Å². The molecule has 0 spiro atoms. The largest absolute Gasteiger partial charge is 0.370 e. The number of carbonyl (C=O) groups is 2. The van der Waals surface area contributed by atoms with Gasteiger partial charge in [-0.25, -0.2) is 0 Å². The van der Waals surface area contributed by atoms with Crippen LogP contribution in [0.3, 0.4) is 0 Å². The predicted octanol–water partition coefficient (Wildman–Crippen LogP) is 2.01. The van der Waals surface area contributed by atoms with Crippen LogP contribution in [-0.2, 0) is 14.3 Å². The van der Waals surface area contributed by atoms with E-state index in [-0.39, 0.29) is 53.4 Å². The van der Waals surface area contributed by atoms with Crippen LogP contribution in [0.5, 0.6) is 0 Å². The quantitative estimate of drug-likeness (QED) is 0.616. The van der Waals surface area contributed by atoms with Gasteiger partial charge in [0.2, 0.25) is 0 Å².